The summed E-state index contributed by atoms with van der Waals surface area (Å²) in [7, 11) is 0. The molecule has 1 amide bonds. The molecule has 0 heterocycles. The summed E-state index contributed by atoms with van der Waals surface area (Å²) in [5.74, 6) is 2.66. The van der Waals surface area contributed by atoms with Crippen molar-refractivity contribution in [3.05, 3.63) is 59.7 Å². The summed E-state index contributed by atoms with van der Waals surface area (Å²) in [5, 5.41) is 2.77. The van der Waals surface area contributed by atoms with E-state index in [1.165, 1.54) is 22.3 Å². The number of carbonyl (C=O) groups is 1. The molecule has 1 aliphatic rings. The molecule has 0 bridgehead atoms. The van der Waals surface area contributed by atoms with Crippen LogP contribution in [0.2, 0.25) is 0 Å². The van der Waals surface area contributed by atoms with Crippen LogP contribution in [0.15, 0.2) is 48.5 Å². The standard InChI is InChI=1S/C21H21NO2/c1-4-21(3,5-2)22-20(23)24-14-19-17-12-8-6-10-15(17)16-11-7-9-13-18(16)19/h1,6-13,19H,5,14H2,2-3H3,(H,22,23). The minimum atomic E-state index is -0.678. The second-order valence-electron chi connectivity index (χ2n) is 6.28. The maximum absolute atomic E-state index is 12.1. The Morgan fingerprint density at radius 3 is 2.21 bits per heavy atom. The van der Waals surface area contributed by atoms with Gasteiger partial charge < -0.3 is 10.1 Å². The molecule has 122 valence electrons. The van der Waals surface area contributed by atoms with Crippen molar-refractivity contribution in [1.82, 2.24) is 5.32 Å². The SMILES string of the molecule is C#CC(C)(CC)NC(=O)OCC1c2ccccc2-c2ccccc21. The van der Waals surface area contributed by atoms with Crippen molar-refractivity contribution in [2.24, 2.45) is 0 Å². The van der Waals surface area contributed by atoms with E-state index < -0.39 is 11.6 Å². The van der Waals surface area contributed by atoms with E-state index in [9.17, 15) is 4.79 Å². The quantitative estimate of drug-likeness (QED) is 0.852. The third-order valence-corrected chi connectivity index (χ3v) is 4.75. The summed E-state index contributed by atoms with van der Waals surface area (Å²) in [6, 6.07) is 16.5. The van der Waals surface area contributed by atoms with Crippen LogP contribution >= 0.6 is 0 Å². The molecule has 0 radical (unpaired) electrons. The number of hydrogen-bond acceptors (Lipinski definition) is 2. The fraction of sp³-hybridized carbons (Fsp3) is 0.286. The highest BCUT2D eigenvalue weighted by atomic mass is 16.5. The summed E-state index contributed by atoms with van der Waals surface area (Å²) in [4.78, 5) is 12.1. The second-order valence-corrected chi connectivity index (χ2v) is 6.28. The van der Waals surface area contributed by atoms with Gasteiger partial charge >= 0.3 is 6.09 Å². The van der Waals surface area contributed by atoms with Crippen LogP contribution in [0, 0.1) is 12.3 Å². The molecule has 1 atom stereocenters. The minimum absolute atomic E-state index is 0.0573. The van der Waals surface area contributed by atoms with Crippen molar-refractivity contribution in [3.8, 4) is 23.5 Å². The van der Waals surface area contributed by atoms with Crippen LogP contribution in [0.4, 0.5) is 4.79 Å². The van der Waals surface area contributed by atoms with Gasteiger partial charge in [0.2, 0.25) is 0 Å². The van der Waals surface area contributed by atoms with Gasteiger partial charge in [-0.05, 0) is 35.6 Å². The van der Waals surface area contributed by atoms with Crippen molar-refractivity contribution in [2.75, 3.05) is 6.61 Å². The fourth-order valence-corrected chi connectivity index (χ4v) is 3.09. The smallest absolute Gasteiger partial charge is 0.408 e. The van der Waals surface area contributed by atoms with Crippen molar-refractivity contribution in [2.45, 2.75) is 31.7 Å². The average Bonchev–Trinajstić information content (AvgIpc) is 2.94. The highest BCUT2D eigenvalue weighted by molar-refractivity contribution is 5.79. The van der Waals surface area contributed by atoms with E-state index >= 15 is 0 Å². The van der Waals surface area contributed by atoms with Gasteiger partial charge in [0.05, 0.1) is 0 Å². The van der Waals surface area contributed by atoms with Crippen molar-refractivity contribution in [3.63, 3.8) is 0 Å². The lowest BCUT2D eigenvalue weighted by Crippen LogP contribution is -2.44. The zero-order valence-electron chi connectivity index (χ0n) is 14.0. The zero-order valence-corrected chi connectivity index (χ0v) is 14.0. The van der Waals surface area contributed by atoms with Crippen LogP contribution in [0.3, 0.4) is 0 Å². The van der Waals surface area contributed by atoms with Gasteiger partial charge in [0.25, 0.3) is 0 Å². The lowest BCUT2D eigenvalue weighted by atomic mass is 9.98. The molecular formula is C21H21NO2. The van der Waals surface area contributed by atoms with Crippen LogP contribution in [-0.4, -0.2) is 18.2 Å². The van der Waals surface area contributed by atoms with Gasteiger partial charge in [-0.3, -0.25) is 0 Å². The van der Waals surface area contributed by atoms with Gasteiger partial charge in [0.15, 0.2) is 0 Å². The summed E-state index contributed by atoms with van der Waals surface area (Å²) < 4.78 is 5.49. The third kappa shape index (κ3) is 2.88. The Morgan fingerprint density at radius 1 is 1.17 bits per heavy atom. The lowest BCUT2D eigenvalue weighted by molar-refractivity contribution is 0.135. The Hall–Kier alpha value is -2.73. The molecular weight excluding hydrogens is 298 g/mol. The van der Waals surface area contributed by atoms with Crippen LogP contribution in [0.1, 0.15) is 37.3 Å². The van der Waals surface area contributed by atoms with Crippen molar-refractivity contribution < 1.29 is 9.53 Å². The molecule has 1 N–H and O–H groups in total. The first-order chi connectivity index (χ1) is 11.6. The monoisotopic (exact) mass is 319 g/mol. The number of rotatable bonds is 4. The number of nitrogens with one attached hydrogen (secondary N) is 1. The zero-order chi connectivity index (χ0) is 17.2. The normalized spacial score (nSPS) is 14.9. The van der Waals surface area contributed by atoms with Crippen LogP contribution in [0.5, 0.6) is 0 Å². The van der Waals surface area contributed by atoms with Gasteiger partial charge in [-0.15, -0.1) is 6.42 Å². The summed E-state index contributed by atoms with van der Waals surface area (Å²) in [5.41, 5.74) is 4.14. The Balaban J connectivity index is 1.77. The molecule has 0 saturated carbocycles. The molecule has 2 aromatic carbocycles. The number of amides is 1. The van der Waals surface area contributed by atoms with Gasteiger partial charge in [0.1, 0.15) is 12.1 Å². The van der Waals surface area contributed by atoms with E-state index in [4.69, 9.17) is 11.2 Å². The fourth-order valence-electron chi connectivity index (χ4n) is 3.09. The minimum Gasteiger partial charge on any atom is -0.449 e. The van der Waals surface area contributed by atoms with Gasteiger partial charge in [-0.2, -0.15) is 0 Å². The van der Waals surface area contributed by atoms with Crippen LogP contribution in [0.25, 0.3) is 11.1 Å². The molecule has 3 rings (SSSR count). The Labute approximate surface area is 143 Å². The number of ether oxygens (including phenoxy) is 1. The Kier molecular flexibility index (Phi) is 4.31. The molecule has 0 fully saturated rings. The number of benzene rings is 2. The summed E-state index contributed by atoms with van der Waals surface area (Å²) in [6.45, 7) is 4.04. The molecule has 1 aliphatic carbocycles. The van der Waals surface area contributed by atoms with Gasteiger partial charge in [-0.1, -0.05) is 61.4 Å². The lowest BCUT2D eigenvalue weighted by Gasteiger charge is -2.23. The maximum atomic E-state index is 12.1. The first-order valence-electron chi connectivity index (χ1n) is 8.19. The molecule has 1 unspecified atom stereocenters. The maximum Gasteiger partial charge on any atom is 0.408 e. The predicted molar refractivity (Wildman–Crippen MR) is 95.7 cm³/mol. The highest BCUT2D eigenvalue weighted by Gasteiger charge is 2.29. The van der Waals surface area contributed by atoms with E-state index in [1.54, 1.807) is 0 Å². The second kappa shape index (κ2) is 6.41. The molecule has 2 aromatic rings. The summed E-state index contributed by atoms with van der Waals surface area (Å²) in [6.07, 6.45) is 5.66. The number of carbonyl (C=O) groups excluding carboxylic acids is 1. The predicted octanol–water partition coefficient (Wildman–Crippen LogP) is 4.33. The molecule has 0 saturated heterocycles. The van der Waals surface area contributed by atoms with E-state index in [-0.39, 0.29) is 5.92 Å². The van der Waals surface area contributed by atoms with E-state index in [0.29, 0.717) is 13.0 Å². The topological polar surface area (TPSA) is 38.3 Å². The van der Waals surface area contributed by atoms with Gasteiger partial charge in [-0.25, -0.2) is 4.79 Å². The molecule has 0 aromatic heterocycles. The Morgan fingerprint density at radius 2 is 1.71 bits per heavy atom. The average molecular weight is 319 g/mol. The highest BCUT2D eigenvalue weighted by Crippen LogP contribution is 2.44. The number of fused-ring (bicyclic) bond motifs is 3. The molecule has 3 nitrogen and oxygen atoms in total. The molecule has 24 heavy (non-hydrogen) atoms. The van der Waals surface area contributed by atoms with E-state index in [1.807, 2.05) is 38.1 Å². The number of terminal acetylenes is 1. The first-order valence-corrected chi connectivity index (χ1v) is 8.19. The van der Waals surface area contributed by atoms with Crippen molar-refractivity contribution >= 4 is 6.09 Å². The third-order valence-electron chi connectivity index (χ3n) is 4.75. The van der Waals surface area contributed by atoms with Crippen molar-refractivity contribution in [1.29, 1.82) is 0 Å². The largest absolute Gasteiger partial charge is 0.449 e. The van der Waals surface area contributed by atoms with Crippen LogP contribution < -0.4 is 5.32 Å². The van der Waals surface area contributed by atoms with Crippen LogP contribution in [-0.2, 0) is 4.74 Å². The molecule has 0 spiro atoms. The molecule has 3 heteroatoms. The molecule has 0 aliphatic heterocycles. The Bertz CT molecular complexity index is 760. The van der Waals surface area contributed by atoms with E-state index in [0.717, 1.165) is 0 Å². The first kappa shape index (κ1) is 16.1. The van der Waals surface area contributed by atoms with Gasteiger partial charge in [0, 0.05) is 5.92 Å². The van der Waals surface area contributed by atoms with E-state index in [2.05, 4.69) is 35.5 Å². The summed E-state index contributed by atoms with van der Waals surface area (Å²) >= 11 is 0. The number of alkyl carbamates (subject to hydrolysis) is 1. The number of hydrogen-bond donors (Lipinski definition) is 1.